The molecule has 0 unspecified atom stereocenters. The quantitative estimate of drug-likeness (QED) is 0.725. The maximum Gasteiger partial charge on any atom is 0.435 e. The van der Waals surface area contributed by atoms with Crippen molar-refractivity contribution in [2.75, 3.05) is 5.32 Å². The number of aromatic nitrogens is 2. The Morgan fingerprint density at radius 1 is 1.24 bits per heavy atom. The zero-order valence-corrected chi connectivity index (χ0v) is 14.9. The summed E-state index contributed by atoms with van der Waals surface area (Å²) >= 11 is 11.8. The summed E-state index contributed by atoms with van der Waals surface area (Å²) in [5.41, 5.74) is -2.70. The summed E-state index contributed by atoms with van der Waals surface area (Å²) in [6, 6.07) is 4.02. The fourth-order valence-corrected chi connectivity index (χ4v) is 2.32. The molecule has 5 nitrogen and oxygen atoms in total. The molecule has 1 aromatic carbocycles. The first-order chi connectivity index (χ1) is 11.4. The summed E-state index contributed by atoms with van der Waals surface area (Å²) in [6.07, 6.45) is -4.98. The van der Waals surface area contributed by atoms with Gasteiger partial charge in [0.2, 0.25) is 0 Å². The molecular weight excluding hydrogens is 382 g/mol. The normalized spacial score (nSPS) is 12.2. The van der Waals surface area contributed by atoms with Crippen molar-refractivity contribution in [2.24, 2.45) is 0 Å². The molecule has 0 saturated carbocycles. The molecule has 0 bridgehead atoms. The van der Waals surface area contributed by atoms with Crippen molar-refractivity contribution in [2.45, 2.75) is 32.5 Å². The van der Waals surface area contributed by atoms with Gasteiger partial charge in [0.15, 0.2) is 5.69 Å². The molecule has 1 heterocycles. The van der Waals surface area contributed by atoms with Gasteiger partial charge < -0.3 is 4.74 Å². The molecule has 2 aromatic rings. The number of alkyl halides is 3. The van der Waals surface area contributed by atoms with Gasteiger partial charge in [0.05, 0.1) is 22.6 Å². The van der Waals surface area contributed by atoms with E-state index in [2.05, 4.69) is 10.4 Å². The van der Waals surface area contributed by atoms with E-state index in [-0.39, 0.29) is 15.7 Å². The summed E-state index contributed by atoms with van der Waals surface area (Å²) in [5.74, 6) is 0. The molecule has 0 fully saturated rings. The monoisotopic (exact) mass is 395 g/mol. The van der Waals surface area contributed by atoms with Gasteiger partial charge in [0.1, 0.15) is 5.60 Å². The van der Waals surface area contributed by atoms with Gasteiger partial charge in [-0.1, -0.05) is 23.2 Å². The van der Waals surface area contributed by atoms with Crippen molar-refractivity contribution in [1.29, 1.82) is 0 Å². The Labute approximate surface area is 151 Å². The molecule has 2 rings (SSSR count). The van der Waals surface area contributed by atoms with E-state index in [1.165, 1.54) is 18.2 Å². The maximum absolute atomic E-state index is 13.5. The molecule has 0 saturated heterocycles. The van der Waals surface area contributed by atoms with E-state index in [4.69, 9.17) is 27.9 Å². The van der Waals surface area contributed by atoms with Crippen LogP contribution in [0.2, 0.25) is 10.0 Å². The molecular formula is C15H14Cl2F3N3O2. The van der Waals surface area contributed by atoms with Gasteiger partial charge in [-0.3, -0.25) is 5.32 Å². The van der Waals surface area contributed by atoms with Crippen LogP contribution in [0.15, 0.2) is 24.4 Å². The fourth-order valence-electron chi connectivity index (χ4n) is 1.96. The van der Waals surface area contributed by atoms with E-state index in [9.17, 15) is 18.0 Å². The smallest absolute Gasteiger partial charge is 0.435 e. The average molecular weight is 396 g/mol. The van der Waals surface area contributed by atoms with Crippen LogP contribution in [0.5, 0.6) is 0 Å². The van der Waals surface area contributed by atoms with Crippen LogP contribution in [-0.2, 0) is 10.9 Å². The Bertz CT molecular complexity index is 798. The molecule has 0 radical (unpaired) electrons. The topological polar surface area (TPSA) is 56.1 Å². The Kier molecular flexibility index (Phi) is 5.24. The number of rotatable bonds is 2. The first kappa shape index (κ1) is 19.4. The molecule has 0 spiro atoms. The lowest BCUT2D eigenvalue weighted by atomic mass is 10.2. The lowest BCUT2D eigenvalue weighted by molar-refractivity contribution is -0.142. The fraction of sp³-hybridized carbons (Fsp3) is 0.333. The van der Waals surface area contributed by atoms with Gasteiger partial charge in [-0.25, -0.2) is 9.48 Å². The third-order valence-corrected chi connectivity index (χ3v) is 3.36. The highest BCUT2D eigenvalue weighted by atomic mass is 35.5. The van der Waals surface area contributed by atoms with Gasteiger partial charge in [-0.05, 0) is 39.0 Å². The minimum Gasteiger partial charge on any atom is -0.444 e. The molecule has 1 aromatic heterocycles. The Balaban J connectivity index is 2.49. The second kappa shape index (κ2) is 6.76. The predicted molar refractivity (Wildman–Crippen MR) is 88.4 cm³/mol. The van der Waals surface area contributed by atoms with E-state index in [0.29, 0.717) is 4.68 Å². The number of ether oxygens (including phenoxy) is 1. The summed E-state index contributed by atoms with van der Waals surface area (Å²) < 4.78 is 46.1. The Morgan fingerprint density at radius 3 is 2.44 bits per heavy atom. The van der Waals surface area contributed by atoms with Crippen molar-refractivity contribution in [3.8, 4) is 5.69 Å². The third kappa shape index (κ3) is 4.79. The van der Waals surface area contributed by atoms with Crippen LogP contribution in [0.4, 0.5) is 23.7 Å². The number of amides is 1. The van der Waals surface area contributed by atoms with Crippen LogP contribution in [0, 0.1) is 0 Å². The van der Waals surface area contributed by atoms with Crippen molar-refractivity contribution >= 4 is 35.0 Å². The highest BCUT2D eigenvalue weighted by Crippen LogP contribution is 2.38. The number of nitrogens with zero attached hydrogens (tertiary/aromatic N) is 2. The van der Waals surface area contributed by atoms with Gasteiger partial charge in [-0.2, -0.15) is 18.3 Å². The summed E-state index contributed by atoms with van der Waals surface area (Å²) in [7, 11) is 0. The molecule has 1 N–H and O–H groups in total. The minimum absolute atomic E-state index is 0.0156. The van der Waals surface area contributed by atoms with Gasteiger partial charge >= 0.3 is 12.3 Å². The van der Waals surface area contributed by atoms with Crippen LogP contribution in [0.3, 0.4) is 0 Å². The van der Waals surface area contributed by atoms with Gasteiger partial charge in [0, 0.05) is 5.02 Å². The third-order valence-electron chi connectivity index (χ3n) is 2.81. The molecule has 0 aliphatic carbocycles. The number of halogens is 5. The highest BCUT2D eigenvalue weighted by molar-refractivity contribution is 6.34. The number of hydrogen-bond acceptors (Lipinski definition) is 3. The average Bonchev–Trinajstić information content (AvgIpc) is 2.82. The van der Waals surface area contributed by atoms with E-state index in [1.807, 2.05) is 0 Å². The zero-order chi connectivity index (χ0) is 19.0. The molecule has 0 aliphatic heterocycles. The summed E-state index contributed by atoms with van der Waals surface area (Å²) in [5, 5.41) is 5.95. The molecule has 0 aliphatic rings. The van der Waals surface area contributed by atoms with Crippen molar-refractivity contribution < 1.29 is 22.7 Å². The Morgan fingerprint density at radius 2 is 1.88 bits per heavy atom. The molecule has 10 heteroatoms. The van der Waals surface area contributed by atoms with Crippen molar-refractivity contribution in [3.63, 3.8) is 0 Å². The number of benzene rings is 1. The molecule has 136 valence electrons. The standard InChI is InChI=1S/C15H14Cl2F3N3O2/c1-14(2,3)25-13(24)22-10-7-21-23(12(10)15(18,19)20)11-6-8(16)4-5-9(11)17/h4-7H,1-3H3,(H,22,24). The lowest BCUT2D eigenvalue weighted by Crippen LogP contribution is -2.28. The predicted octanol–water partition coefficient (Wildman–Crippen LogP) is 5.54. The second-order valence-electron chi connectivity index (χ2n) is 6.04. The van der Waals surface area contributed by atoms with Gasteiger partial charge in [-0.15, -0.1) is 0 Å². The largest absolute Gasteiger partial charge is 0.444 e. The molecule has 25 heavy (non-hydrogen) atoms. The SMILES string of the molecule is CC(C)(C)OC(=O)Nc1cnn(-c2cc(Cl)ccc2Cl)c1C(F)(F)F. The lowest BCUT2D eigenvalue weighted by Gasteiger charge is -2.20. The minimum atomic E-state index is -4.81. The number of anilines is 1. The van der Waals surface area contributed by atoms with Crippen LogP contribution >= 0.6 is 23.2 Å². The summed E-state index contributed by atoms with van der Waals surface area (Å²) in [6.45, 7) is 4.77. The molecule has 0 atom stereocenters. The van der Waals surface area contributed by atoms with E-state index in [1.54, 1.807) is 20.8 Å². The maximum atomic E-state index is 13.5. The summed E-state index contributed by atoms with van der Waals surface area (Å²) in [4.78, 5) is 11.8. The highest BCUT2D eigenvalue weighted by Gasteiger charge is 2.40. The van der Waals surface area contributed by atoms with Crippen LogP contribution < -0.4 is 5.32 Å². The second-order valence-corrected chi connectivity index (χ2v) is 6.88. The number of nitrogens with one attached hydrogen (secondary N) is 1. The number of carbonyl (C=O) groups excluding carboxylic acids is 1. The number of carbonyl (C=O) groups is 1. The van der Waals surface area contributed by atoms with E-state index >= 15 is 0 Å². The van der Waals surface area contributed by atoms with E-state index < -0.39 is 29.3 Å². The van der Waals surface area contributed by atoms with E-state index in [0.717, 1.165) is 6.20 Å². The van der Waals surface area contributed by atoms with Crippen molar-refractivity contribution in [3.05, 3.63) is 40.1 Å². The first-order valence-electron chi connectivity index (χ1n) is 6.99. The Hall–Kier alpha value is -1.93. The first-order valence-corrected chi connectivity index (χ1v) is 7.75. The van der Waals surface area contributed by atoms with Gasteiger partial charge in [0.25, 0.3) is 0 Å². The zero-order valence-electron chi connectivity index (χ0n) is 13.4. The van der Waals surface area contributed by atoms with Crippen molar-refractivity contribution in [1.82, 2.24) is 9.78 Å². The molecule has 1 amide bonds. The van der Waals surface area contributed by atoms with Crippen LogP contribution in [0.1, 0.15) is 26.5 Å². The van der Waals surface area contributed by atoms with Crippen LogP contribution in [-0.4, -0.2) is 21.5 Å². The number of hydrogen-bond donors (Lipinski definition) is 1. The van der Waals surface area contributed by atoms with Crippen LogP contribution in [0.25, 0.3) is 5.69 Å².